The van der Waals surface area contributed by atoms with E-state index in [1.54, 1.807) is 6.07 Å². The van der Waals surface area contributed by atoms with Crippen molar-refractivity contribution in [1.82, 2.24) is 0 Å². The maximum atomic E-state index is 13.3. The molecule has 154 valence electrons. The van der Waals surface area contributed by atoms with Crippen molar-refractivity contribution in [2.45, 2.75) is 22.4 Å². The van der Waals surface area contributed by atoms with E-state index in [4.69, 9.17) is 0 Å². The number of nitrogens with one attached hydrogen (secondary N) is 2. The van der Waals surface area contributed by atoms with Crippen LogP contribution in [0, 0.1) is 0 Å². The highest BCUT2D eigenvalue weighted by molar-refractivity contribution is 7.99. The van der Waals surface area contributed by atoms with Crippen molar-refractivity contribution in [3.05, 3.63) is 48.0 Å². The number of alkyl halides is 3. The fourth-order valence-corrected chi connectivity index (χ4v) is 4.91. The van der Waals surface area contributed by atoms with Gasteiger partial charge in [-0.1, -0.05) is 23.9 Å². The Balaban J connectivity index is 1.62. The van der Waals surface area contributed by atoms with Crippen molar-refractivity contribution in [3.8, 4) is 0 Å². The Morgan fingerprint density at radius 3 is 2.45 bits per heavy atom. The summed E-state index contributed by atoms with van der Waals surface area (Å²) in [5.74, 6) is -0.155. The number of carbonyl (C=O) groups excluding carboxylic acids is 1. The van der Waals surface area contributed by atoms with Crippen LogP contribution in [0.25, 0.3) is 0 Å². The molecule has 0 bridgehead atoms. The fourth-order valence-electron chi connectivity index (χ4n) is 3.88. The number of likely N-dealkylation sites (N-methyl/N-ethyl adjacent to an activating group) is 1. The molecule has 1 amide bonds. The maximum absolute atomic E-state index is 13.3. The SMILES string of the molecule is C[NH+]1CC[NH+](CCC(=O)N2c3ccccc3Sc3ccc(C(F)(F)F)cc32)CC1. The van der Waals surface area contributed by atoms with Gasteiger partial charge in [0.15, 0.2) is 0 Å². The molecule has 29 heavy (non-hydrogen) atoms. The Labute approximate surface area is 172 Å². The largest absolute Gasteiger partial charge is 0.416 e. The molecule has 2 aromatic carbocycles. The second-order valence-electron chi connectivity index (χ2n) is 7.69. The van der Waals surface area contributed by atoms with Crippen molar-refractivity contribution in [2.75, 3.05) is 44.7 Å². The zero-order valence-electron chi connectivity index (χ0n) is 16.2. The molecule has 0 aliphatic carbocycles. The van der Waals surface area contributed by atoms with Crippen LogP contribution in [0.1, 0.15) is 12.0 Å². The third-order valence-corrected chi connectivity index (χ3v) is 6.74. The van der Waals surface area contributed by atoms with Crippen LogP contribution in [0.3, 0.4) is 0 Å². The van der Waals surface area contributed by atoms with Gasteiger partial charge >= 0.3 is 6.18 Å². The molecule has 4 nitrogen and oxygen atoms in total. The van der Waals surface area contributed by atoms with E-state index in [1.807, 2.05) is 18.2 Å². The number of quaternary nitrogens is 2. The summed E-state index contributed by atoms with van der Waals surface area (Å²) in [4.78, 5) is 19.1. The fraction of sp³-hybridized carbons (Fsp3) is 0.381. The van der Waals surface area contributed by atoms with E-state index < -0.39 is 11.7 Å². The third-order valence-electron chi connectivity index (χ3n) is 5.61. The van der Waals surface area contributed by atoms with Crippen molar-refractivity contribution in [1.29, 1.82) is 0 Å². The summed E-state index contributed by atoms with van der Waals surface area (Å²) < 4.78 is 39.9. The van der Waals surface area contributed by atoms with Gasteiger partial charge in [0.2, 0.25) is 5.91 Å². The van der Waals surface area contributed by atoms with Crippen LogP contribution >= 0.6 is 11.8 Å². The second kappa shape index (κ2) is 8.01. The van der Waals surface area contributed by atoms with Crippen molar-refractivity contribution in [3.63, 3.8) is 0 Å². The summed E-state index contributed by atoms with van der Waals surface area (Å²) in [5.41, 5.74) is 0.250. The summed E-state index contributed by atoms with van der Waals surface area (Å²) in [6.07, 6.45) is -4.14. The number of nitrogens with zero attached hydrogens (tertiary/aromatic N) is 1. The Bertz CT molecular complexity index is 910. The number of carbonyl (C=O) groups is 1. The normalized spacial score (nSPS) is 21.4. The van der Waals surface area contributed by atoms with Crippen molar-refractivity contribution >= 4 is 29.0 Å². The number of benzene rings is 2. The summed E-state index contributed by atoms with van der Waals surface area (Å²) in [6.45, 7) is 4.88. The first-order valence-electron chi connectivity index (χ1n) is 9.79. The molecule has 1 saturated heterocycles. The van der Waals surface area contributed by atoms with Crippen LogP contribution in [0.5, 0.6) is 0 Å². The quantitative estimate of drug-likeness (QED) is 0.786. The van der Waals surface area contributed by atoms with E-state index >= 15 is 0 Å². The number of fused-ring (bicyclic) bond motifs is 2. The highest BCUT2D eigenvalue weighted by atomic mass is 32.2. The average molecular weight is 424 g/mol. The first-order chi connectivity index (χ1) is 13.8. The lowest BCUT2D eigenvalue weighted by atomic mass is 10.1. The van der Waals surface area contributed by atoms with E-state index in [9.17, 15) is 18.0 Å². The van der Waals surface area contributed by atoms with Crippen LogP contribution in [0.4, 0.5) is 24.5 Å². The predicted molar refractivity (Wildman–Crippen MR) is 106 cm³/mol. The lowest BCUT2D eigenvalue weighted by molar-refractivity contribution is -1.00. The molecular formula is C21H24F3N3OS+2. The van der Waals surface area contributed by atoms with Crippen molar-refractivity contribution < 1.29 is 27.8 Å². The highest BCUT2D eigenvalue weighted by Gasteiger charge is 2.35. The molecule has 4 rings (SSSR count). The van der Waals surface area contributed by atoms with Gasteiger partial charge in [-0.15, -0.1) is 0 Å². The Morgan fingerprint density at radius 2 is 1.72 bits per heavy atom. The molecule has 0 atom stereocenters. The van der Waals surface area contributed by atoms with Gasteiger partial charge in [-0.2, -0.15) is 13.2 Å². The zero-order chi connectivity index (χ0) is 20.6. The van der Waals surface area contributed by atoms with Gasteiger partial charge in [-0.05, 0) is 30.3 Å². The lowest BCUT2D eigenvalue weighted by Crippen LogP contribution is -3.27. The molecular weight excluding hydrogens is 399 g/mol. The van der Waals surface area contributed by atoms with E-state index in [1.165, 1.54) is 32.5 Å². The molecule has 0 radical (unpaired) electrons. The van der Waals surface area contributed by atoms with E-state index in [0.29, 0.717) is 29.2 Å². The summed E-state index contributed by atoms with van der Waals surface area (Å²) in [6, 6.07) is 11.0. The molecule has 0 spiro atoms. The molecule has 8 heteroatoms. The smallest absolute Gasteiger partial charge is 0.328 e. The molecule has 2 heterocycles. The number of hydrogen-bond donors (Lipinski definition) is 2. The van der Waals surface area contributed by atoms with E-state index in [2.05, 4.69) is 7.05 Å². The minimum atomic E-state index is -4.45. The number of amides is 1. The topological polar surface area (TPSA) is 29.2 Å². The van der Waals surface area contributed by atoms with Gasteiger partial charge in [0.25, 0.3) is 0 Å². The Morgan fingerprint density at radius 1 is 1.03 bits per heavy atom. The number of hydrogen-bond acceptors (Lipinski definition) is 2. The summed E-state index contributed by atoms with van der Waals surface area (Å²) >= 11 is 1.40. The number of piperazine rings is 1. The number of anilines is 2. The number of halogens is 3. The van der Waals surface area contributed by atoms with Crippen LogP contribution in [-0.2, 0) is 11.0 Å². The minimum absolute atomic E-state index is 0.155. The van der Waals surface area contributed by atoms with E-state index in [-0.39, 0.29) is 5.91 Å². The monoisotopic (exact) mass is 423 g/mol. The molecule has 0 unspecified atom stereocenters. The predicted octanol–water partition coefficient (Wildman–Crippen LogP) is 1.64. The van der Waals surface area contributed by atoms with Gasteiger partial charge in [-0.3, -0.25) is 9.69 Å². The lowest BCUT2D eigenvalue weighted by Gasteiger charge is -2.32. The van der Waals surface area contributed by atoms with Gasteiger partial charge < -0.3 is 9.80 Å². The van der Waals surface area contributed by atoms with Gasteiger partial charge in [0, 0.05) is 9.79 Å². The second-order valence-corrected chi connectivity index (χ2v) is 8.77. The van der Waals surface area contributed by atoms with Crippen LogP contribution in [-0.4, -0.2) is 45.7 Å². The molecule has 2 aliphatic rings. The van der Waals surface area contributed by atoms with E-state index in [0.717, 1.165) is 43.2 Å². The molecule has 2 aromatic rings. The highest BCUT2D eigenvalue weighted by Crippen LogP contribution is 2.49. The zero-order valence-corrected chi connectivity index (χ0v) is 17.0. The number of para-hydroxylation sites is 1. The number of rotatable bonds is 3. The maximum Gasteiger partial charge on any atom is 0.416 e. The Kier molecular flexibility index (Phi) is 5.59. The minimum Gasteiger partial charge on any atom is -0.328 e. The molecule has 2 aliphatic heterocycles. The molecule has 1 fully saturated rings. The van der Waals surface area contributed by atoms with Gasteiger partial charge in [0.1, 0.15) is 26.2 Å². The summed E-state index contributed by atoms with van der Waals surface area (Å²) in [5, 5.41) is 0. The van der Waals surface area contributed by atoms with Gasteiger partial charge in [-0.25, -0.2) is 0 Å². The van der Waals surface area contributed by atoms with Crippen LogP contribution < -0.4 is 14.7 Å². The van der Waals surface area contributed by atoms with Crippen LogP contribution in [0.15, 0.2) is 52.3 Å². The molecule has 0 saturated carbocycles. The molecule has 0 aromatic heterocycles. The first kappa shape index (κ1) is 20.3. The first-order valence-corrected chi connectivity index (χ1v) is 10.6. The van der Waals surface area contributed by atoms with Crippen molar-refractivity contribution in [2.24, 2.45) is 0 Å². The average Bonchev–Trinajstić information content (AvgIpc) is 2.70. The standard InChI is InChI=1S/C21H22F3N3OS/c1-25-10-12-26(13-11-25)9-8-20(28)27-16-4-2-3-5-18(16)29-19-7-6-15(14-17(19)27)21(22,23)24/h2-7,14H,8-13H2,1H3/p+2. The third kappa shape index (κ3) is 4.29. The Hall–Kier alpha value is -2.03. The molecule has 2 N–H and O–H groups in total. The van der Waals surface area contributed by atoms with Crippen LogP contribution in [0.2, 0.25) is 0 Å². The summed E-state index contributed by atoms with van der Waals surface area (Å²) in [7, 11) is 2.17. The van der Waals surface area contributed by atoms with Gasteiger partial charge in [0.05, 0.1) is 37.0 Å².